The van der Waals surface area contributed by atoms with E-state index in [1.54, 1.807) is 67.6 Å². The number of aryl methyl sites for hydroxylation is 1. The average molecular weight is 491 g/mol. The Balaban J connectivity index is 1.62. The minimum atomic E-state index is -1.75. The zero-order chi connectivity index (χ0) is 22.7. The average Bonchev–Trinajstić information content (AvgIpc) is 3.39. The molecule has 32 heavy (non-hydrogen) atoms. The lowest BCUT2D eigenvalue weighted by Gasteiger charge is -2.22. The van der Waals surface area contributed by atoms with Gasteiger partial charge in [-0.15, -0.1) is 0 Å². The van der Waals surface area contributed by atoms with Crippen LogP contribution in [0.1, 0.15) is 34.3 Å². The zero-order valence-electron chi connectivity index (χ0n) is 17.4. The molecule has 0 amide bonds. The third-order valence-electron chi connectivity index (χ3n) is 6.63. The monoisotopic (exact) mass is 490 g/mol. The lowest BCUT2D eigenvalue weighted by atomic mass is 9.87. The Morgan fingerprint density at radius 1 is 0.969 bits per heavy atom. The number of ketones is 1. The highest BCUT2D eigenvalue weighted by molar-refractivity contribution is 9.10. The first-order valence-electron chi connectivity index (χ1n) is 10.2. The summed E-state index contributed by atoms with van der Waals surface area (Å²) in [5.74, 6) is -1.84. The molecule has 1 fully saturated rings. The summed E-state index contributed by atoms with van der Waals surface area (Å²) in [5.41, 5.74) is -1.02. The highest BCUT2D eigenvalue weighted by Gasteiger charge is 2.89. The van der Waals surface area contributed by atoms with Gasteiger partial charge in [-0.1, -0.05) is 64.0 Å². The van der Waals surface area contributed by atoms with Crippen molar-refractivity contribution >= 4 is 33.7 Å². The van der Waals surface area contributed by atoms with Crippen LogP contribution in [0.4, 0.5) is 0 Å². The number of fused-ring (bicyclic) bond motifs is 3. The summed E-state index contributed by atoms with van der Waals surface area (Å²) in [6.07, 6.45) is 0. The second-order valence-corrected chi connectivity index (χ2v) is 9.32. The van der Waals surface area contributed by atoms with Gasteiger partial charge in [-0.25, -0.2) is 0 Å². The number of carbonyl (C=O) groups is 3. The summed E-state index contributed by atoms with van der Waals surface area (Å²) in [6.45, 7) is 3.58. The Morgan fingerprint density at radius 2 is 1.62 bits per heavy atom. The molecule has 0 radical (unpaired) electrons. The number of Topliss-reactive ketones (excluding diaryl/α,β-unsaturated/α-hetero) is 1. The van der Waals surface area contributed by atoms with Gasteiger partial charge in [0.1, 0.15) is 11.5 Å². The van der Waals surface area contributed by atoms with Crippen molar-refractivity contribution in [2.24, 2.45) is 10.8 Å². The van der Waals surface area contributed by atoms with Gasteiger partial charge < -0.3 is 9.47 Å². The molecule has 1 saturated carbocycles. The van der Waals surface area contributed by atoms with Crippen LogP contribution in [0.5, 0.6) is 11.5 Å². The van der Waals surface area contributed by atoms with Crippen LogP contribution in [0.2, 0.25) is 0 Å². The molecule has 1 aliphatic carbocycles. The first-order chi connectivity index (χ1) is 15.3. The topological polar surface area (TPSA) is 69.7 Å². The Bertz CT molecular complexity index is 1260. The number of halogens is 1. The minimum Gasteiger partial charge on any atom is -0.426 e. The highest BCUT2D eigenvalue weighted by atomic mass is 79.9. The van der Waals surface area contributed by atoms with Gasteiger partial charge in [0.2, 0.25) is 0 Å². The fourth-order valence-electron chi connectivity index (χ4n) is 4.90. The molecule has 0 spiro atoms. The Hall–Kier alpha value is -3.25. The van der Waals surface area contributed by atoms with Crippen molar-refractivity contribution in [3.63, 3.8) is 0 Å². The van der Waals surface area contributed by atoms with Crippen LogP contribution in [0.25, 0.3) is 0 Å². The number of rotatable bonds is 4. The van der Waals surface area contributed by atoms with Crippen molar-refractivity contribution in [3.05, 3.63) is 94.0 Å². The molecule has 0 saturated heterocycles. The smallest absolute Gasteiger partial charge is 0.330 e. The zero-order valence-corrected chi connectivity index (χ0v) is 19.0. The van der Waals surface area contributed by atoms with Crippen molar-refractivity contribution in [2.45, 2.75) is 19.8 Å². The second kappa shape index (κ2) is 7.14. The summed E-state index contributed by atoms with van der Waals surface area (Å²) in [5, 5.41) is 0. The molecule has 6 heteroatoms. The van der Waals surface area contributed by atoms with E-state index in [0.717, 1.165) is 10.0 Å². The first-order valence-corrected chi connectivity index (χ1v) is 11.0. The molecule has 3 aromatic rings. The second-order valence-electron chi connectivity index (χ2n) is 8.41. The minimum absolute atomic E-state index is 0.301. The number of hydrogen-bond donors (Lipinski definition) is 0. The molecule has 5 rings (SSSR count). The number of ether oxygens (including phenoxy) is 2. The van der Waals surface area contributed by atoms with Gasteiger partial charge in [-0.05, 0) is 44.2 Å². The largest absolute Gasteiger partial charge is 0.426 e. The molecule has 0 unspecified atom stereocenters. The number of carbonyl (C=O) groups excluding carboxylic acids is 3. The molecule has 2 aliphatic rings. The van der Waals surface area contributed by atoms with E-state index in [4.69, 9.17) is 9.47 Å². The Labute approximate surface area is 193 Å². The van der Waals surface area contributed by atoms with Crippen molar-refractivity contribution in [1.29, 1.82) is 0 Å². The summed E-state index contributed by atoms with van der Waals surface area (Å²) < 4.78 is 12.0. The third-order valence-corrected chi connectivity index (χ3v) is 7.16. The van der Waals surface area contributed by atoms with E-state index in [0.29, 0.717) is 22.6 Å². The number of hydrogen-bond acceptors (Lipinski definition) is 5. The number of para-hydroxylation sites is 1. The fraction of sp³-hybridized carbons (Fsp3) is 0.192. The van der Waals surface area contributed by atoms with Crippen LogP contribution in [0.3, 0.4) is 0 Å². The van der Waals surface area contributed by atoms with Crippen LogP contribution in [-0.4, -0.2) is 17.7 Å². The molecule has 1 aliphatic heterocycles. The number of esters is 2. The van der Waals surface area contributed by atoms with E-state index in [1.165, 1.54) is 0 Å². The van der Waals surface area contributed by atoms with Crippen LogP contribution in [0.15, 0.2) is 77.3 Å². The predicted molar refractivity (Wildman–Crippen MR) is 121 cm³/mol. The van der Waals surface area contributed by atoms with Crippen LogP contribution >= 0.6 is 15.9 Å². The van der Waals surface area contributed by atoms with Crippen molar-refractivity contribution < 1.29 is 23.9 Å². The lowest BCUT2D eigenvalue weighted by Crippen LogP contribution is -2.41. The highest BCUT2D eigenvalue weighted by Crippen LogP contribution is 2.78. The normalized spacial score (nSPS) is 25.2. The quantitative estimate of drug-likeness (QED) is 0.216. The molecular formula is C26H19BrO5. The molecule has 0 N–H and O–H groups in total. The Kier molecular flexibility index (Phi) is 4.60. The SMILES string of the molecule is Cc1ccc(OC(=O)[C@]23C(=O)Oc4ccccc4[C@@H]2[C@@]3(C)C(=O)c2ccc(Br)cc2)cc1. The van der Waals surface area contributed by atoms with E-state index in [1.807, 2.05) is 19.1 Å². The maximum absolute atomic E-state index is 13.7. The van der Waals surface area contributed by atoms with E-state index in [9.17, 15) is 14.4 Å². The third kappa shape index (κ3) is 2.72. The summed E-state index contributed by atoms with van der Waals surface area (Å²) in [7, 11) is 0. The molecule has 5 nitrogen and oxygen atoms in total. The molecule has 0 bridgehead atoms. The molecule has 0 aromatic heterocycles. The molecule has 3 atom stereocenters. The van der Waals surface area contributed by atoms with Gasteiger partial charge in [0.25, 0.3) is 0 Å². The molecule has 160 valence electrons. The maximum atomic E-state index is 13.7. The number of benzene rings is 3. The summed E-state index contributed by atoms with van der Waals surface area (Å²) in [4.78, 5) is 40.6. The van der Waals surface area contributed by atoms with Gasteiger partial charge in [-0.3, -0.25) is 14.4 Å². The first kappa shape index (κ1) is 20.6. The predicted octanol–water partition coefficient (Wildman–Crippen LogP) is 5.25. The van der Waals surface area contributed by atoms with E-state index < -0.39 is 28.7 Å². The standard InChI is InChI=1S/C26H19BrO5/c1-15-7-13-18(14-8-15)31-23(29)26-21(19-5-3-4-6-20(19)32-24(26)30)25(26,2)22(28)16-9-11-17(27)12-10-16/h3-14,21H,1-2H3/t21-,25+,26+/m1/s1. The molecule has 1 heterocycles. The van der Waals surface area contributed by atoms with Crippen LogP contribution < -0.4 is 9.47 Å². The Morgan fingerprint density at radius 3 is 2.31 bits per heavy atom. The van der Waals surface area contributed by atoms with Gasteiger partial charge >= 0.3 is 11.9 Å². The van der Waals surface area contributed by atoms with Crippen molar-refractivity contribution in [1.82, 2.24) is 0 Å². The summed E-state index contributed by atoms with van der Waals surface area (Å²) in [6, 6.07) is 20.8. The van der Waals surface area contributed by atoms with Crippen LogP contribution in [0, 0.1) is 17.8 Å². The molecule has 3 aromatic carbocycles. The van der Waals surface area contributed by atoms with Crippen molar-refractivity contribution in [2.75, 3.05) is 0 Å². The van der Waals surface area contributed by atoms with E-state index >= 15 is 0 Å². The van der Waals surface area contributed by atoms with Gasteiger partial charge in [0, 0.05) is 21.5 Å². The fourth-order valence-corrected chi connectivity index (χ4v) is 5.17. The van der Waals surface area contributed by atoms with Gasteiger partial charge in [-0.2, -0.15) is 0 Å². The van der Waals surface area contributed by atoms with E-state index in [-0.39, 0.29) is 5.78 Å². The summed E-state index contributed by atoms with van der Waals surface area (Å²) >= 11 is 3.37. The van der Waals surface area contributed by atoms with Gasteiger partial charge in [0.15, 0.2) is 11.2 Å². The van der Waals surface area contributed by atoms with Crippen LogP contribution in [-0.2, 0) is 9.59 Å². The molecular weight excluding hydrogens is 472 g/mol. The van der Waals surface area contributed by atoms with Gasteiger partial charge in [0.05, 0.1) is 5.41 Å². The maximum Gasteiger partial charge on any atom is 0.330 e. The van der Waals surface area contributed by atoms with E-state index in [2.05, 4.69) is 15.9 Å². The van der Waals surface area contributed by atoms with Crippen molar-refractivity contribution in [3.8, 4) is 11.5 Å². The lowest BCUT2D eigenvalue weighted by molar-refractivity contribution is -0.156.